The van der Waals surface area contributed by atoms with Crippen LogP contribution in [0.25, 0.3) is 11.1 Å². The summed E-state index contributed by atoms with van der Waals surface area (Å²) in [5, 5.41) is 9.70. The quantitative estimate of drug-likeness (QED) is 0.892. The molecule has 1 aliphatic rings. The molecular weight excluding hydrogens is 344 g/mol. The molecule has 6 nitrogen and oxygen atoms in total. The molecule has 1 aromatic carbocycles. The SMILES string of the molecule is Cc1cc2c(c(=O)n1C)-c1ccc(Cl)cc1C(C)C(=O)N2CC(=O)O. The van der Waals surface area contributed by atoms with E-state index >= 15 is 0 Å². The predicted octanol–water partition coefficient (Wildman–Crippen LogP) is 2.55. The van der Waals surface area contributed by atoms with Gasteiger partial charge in [0.15, 0.2) is 0 Å². The van der Waals surface area contributed by atoms with Crippen molar-refractivity contribution in [3.63, 3.8) is 0 Å². The van der Waals surface area contributed by atoms with Crippen molar-refractivity contribution in [3.05, 3.63) is 50.9 Å². The highest BCUT2D eigenvalue weighted by Gasteiger charge is 2.34. The summed E-state index contributed by atoms with van der Waals surface area (Å²) >= 11 is 6.08. The van der Waals surface area contributed by atoms with Crippen LogP contribution < -0.4 is 10.5 Å². The van der Waals surface area contributed by atoms with E-state index in [1.807, 2.05) is 0 Å². The van der Waals surface area contributed by atoms with Gasteiger partial charge in [-0.25, -0.2) is 0 Å². The van der Waals surface area contributed by atoms with Crippen molar-refractivity contribution < 1.29 is 14.7 Å². The Labute approximate surface area is 149 Å². The maximum atomic E-state index is 12.9. The number of amides is 1. The monoisotopic (exact) mass is 360 g/mol. The van der Waals surface area contributed by atoms with Gasteiger partial charge in [0, 0.05) is 17.8 Å². The maximum Gasteiger partial charge on any atom is 0.323 e. The number of carbonyl (C=O) groups excluding carboxylic acids is 1. The lowest BCUT2D eigenvalue weighted by Crippen LogP contribution is -2.38. The van der Waals surface area contributed by atoms with Crippen LogP contribution in [0.3, 0.4) is 0 Å². The van der Waals surface area contributed by atoms with E-state index in [9.17, 15) is 19.5 Å². The van der Waals surface area contributed by atoms with Gasteiger partial charge in [-0.1, -0.05) is 17.7 Å². The van der Waals surface area contributed by atoms with E-state index in [2.05, 4.69) is 0 Å². The molecule has 0 aliphatic carbocycles. The number of aromatic nitrogens is 1. The number of anilines is 1. The van der Waals surface area contributed by atoms with Gasteiger partial charge in [-0.2, -0.15) is 0 Å². The van der Waals surface area contributed by atoms with Crippen LogP contribution in [0, 0.1) is 6.92 Å². The minimum absolute atomic E-state index is 0.282. The first-order chi connectivity index (χ1) is 11.7. The number of hydrogen-bond acceptors (Lipinski definition) is 3. The zero-order chi connectivity index (χ0) is 18.5. The van der Waals surface area contributed by atoms with E-state index in [-0.39, 0.29) is 11.5 Å². The van der Waals surface area contributed by atoms with Crippen LogP contribution in [-0.4, -0.2) is 28.1 Å². The highest BCUT2D eigenvalue weighted by atomic mass is 35.5. The molecule has 1 aromatic heterocycles. The second-order valence-corrected chi connectivity index (χ2v) is 6.62. The first-order valence-electron chi connectivity index (χ1n) is 7.76. The highest BCUT2D eigenvalue weighted by molar-refractivity contribution is 6.30. The zero-order valence-electron chi connectivity index (χ0n) is 14.0. The molecule has 0 fully saturated rings. The molecule has 2 heterocycles. The molecule has 1 atom stereocenters. The summed E-state index contributed by atoms with van der Waals surface area (Å²) < 4.78 is 1.48. The van der Waals surface area contributed by atoms with Crippen LogP contribution in [0.1, 0.15) is 24.1 Å². The summed E-state index contributed by atoms with van der Waals surface area (Å²) in [6.07, 6.45) is 0. The first-order valence-corrected chi connectivity index (χ1v) is 8.13. The molecule has 0 radical (unpaired) electrons. The van der Waals surface area contributed by atoms with Gasteiger partial charge in [0.05, 0.1) is 17.2 Å². The fraction of sp³-hybridized carbons (Fsp3) is 0.278. The summed E-state index contributed by atoms with van der Waals surface area (Å²) in [6, 6.07) is 6.70. The molecule has 2 aromatic rings. The average Bonchev–Trinajstić information content (AvgIpc) is 2.63. The Bertz CT molecular complexity index is 964. The van der Waals surface area contributed by atoms with Crippen LogP contribution in [-0.2, 0) is 16.6 Å². The van der Waals surface area contributed by atoms with Crippen LogP contribution >= 0.6 is 11.6 Å². The minimum Gasteiger partial charge on any atom is -0.480 e. The van der Waals surface area contributed by atoms with Crippen molar-refractivity contribution in [1.29, 1.82) is 0 Å². The number of fused-ring (bicyclic) bond motifs is 3. The van der Waals surface area contributed by atoms with Crippen molar-refractivity contribution in [1.82, 2.24) is 4.57 Å². The molecule has 1 amide bonds. The molecule has 1 N–H and O–H groups in total. The summed E-state index contributed by atoms with van der Waals surface area (Å²) in [6.45, 7) is 2.92. The van der Waals surface area contributed by atoms with Gasteiger partial charge in [-0.05, 0) is 43.2 Å². The molecule has 0 saturated heterocycles. The van der Waals surface area contributed by atoms with E-state index in [0.717, 1.165) is 0 Å². The number of aryl methyl sites for hydroxylation is 1. The number of rotatable bonds is 2. The molecule has 0 spiro atoms. The summed E-state index contributed by atoms with van der Waals surface area (Å²) in [7, 11) is 1.64. The molecule has 25 heavy (non-hydrogen) atoms. The van der Waals surface area contributed by atoms with Gasteiger partial charge in [0.25, 0.3) is 5.56 Å². The Balaban J connectivity index is 2.44. The first kappa shape index (κ1) is 17.2. The van der Waals surface area contributed by atoms with E-state index in [4.69, 9.17) is 11.6 Å². The number of carbonyl (C=O) groups is 2. The number of hydrogen-bond donors (Lipinski definition) is 1. The lowest BCUT2D eigenvalue weighted by atomic mass is 9.92. The van der Waals surface area contributed by atoms with Gasteiger partial charge in [0.1, 0.15) is 6.54 Å². The normalized spacial score (nSPS) is 16.2. The molecule has 1 aliphatic heterocycles. The number of carboxylic acid groups (broad SMARTS) is 1. The summed E-state index contributed by atoms with van der Waals surface area (Å²) in [5.74, 6) is -2.14. The second kappa shape index (κ2) is 6.04. The van der Waals surface area contributed by atoms with Crippen LogP contribution in [0.4, 0.5) is 5.69 Å². The molecule has 3 rings (SSSR count). The summed E-state index contributed by atoms with van der Waals surface area (Å²) in [5.41, 5.74) is 2.22. The smallest absolute Gasteiger partial charge is 0.323 e. The Hall–Kier alpha value is -2.60. The maximum absolute atomic E-state index is 12.9. The molecule has 1 unspecified atom stereocenters. The average molecular weight is 361 g/mol. The Morgan fingerprint density at radius 1 is 1.28 bits per heavy atom. The largest absolute Gasteiger partial charge is 0.480 e. The van der Waals surface area contributed by atoms with Crippen molar-refractivity contribution >= 4 is 29.2 Å². The van der Waals surface area contributed by atoms with Gasteiger partial charge < -0.3 is 9.67 Å². The fourth-order valence-electron chi connectivity index (χ4n) is 3.17. The number of carboxylic acids is 1. The highest BCUT2D eigenvalue weighted by Crippen LogP contribution is 2.40. The third-order valence-electron chi connectivity index (χ3n) is 4.62. The topological polar surface area (TPSA) is 79.6 Å². The standard InChI is InChI=1S/C18H17ClN2O4/c1-9-6-14-16(18(25)20(9)3)12-5-4-11(19)7-13(12)10(2)17(24)21(14)8-15(22)23/h4-7,10H,8H2,1-3H3,(H,22,23). The van der Waals surface area contributed by atoms with Gasteiger partial charge >= 0.3 is 5.97 Å². The molecular formula is C18H17ClN2O4. The number of pyridine rings is 1. The van der Waals surface area contributed by atoms with E-state index in [0.29, 0.717) is 33.1 Å². The van der Waals surface area contributed by atoms with Crippen LogP contribution in [0.15, 0.2) is 29.1 Å². The fourth-order valence-corrected chi connectivity index (χ4v) is 3.35. The second-order valence-electron chi connectivity index (χ2n) is 6.18. The summed E-state index contributed by atoms with van der Waals surface area (Å²) in [4.78, 5) is 38.3. The van der Waals surface area contributed by atoms with Gasteiger partial charge in [0.2, 0.25) is 5.91 Å². The lowest BCUT2D eigenvalue weighted by molar-refractivity contribution is -0.136. The van der Waals surface area contributed by atoms with Crippen LogP contribution in [0.2, 0.25) is 5.02 Å². The van der Waals surface area contributed by atoms with E-state index < -0.39 is 18.4 Å². The predicted molar refractivity (Wildman–Crippen MR) is 95.3 cm³/mol. The Morgan fingerprint density at radius 3 is 2.60 bits per heavy atom. The molecule has 0 bridgehead atoms. The zero-order valence-corrected chi connectivity index (χ0v) is 14.8. The Morgan fingerprint density at radius 2 is 1.96 bits per heavy atom. The molecule has 130 valence electrons. The minimum atomic E-state index is -1.14. The lowest BCUT2D eigenvalue weighted by Gasteiger charge is -2.23. The molecule has 0 saturated carbocycles. The van der Waals surface area contributed by atoms with Crippen LogP contribution in [0.5, 0.6) is 0 Å². The molecule has 7 heteroatoms. The number of aliphatic carboxylic acids is 1. The van der Waals surface area contributed by atoms with Gasteiger partial charge in [-0.3, -0.25) is 19.3 Å². The van der Waals surface area contributed by atoms with Crippen molar-refractivity contribution in [3.8, 4) is 11.1 Å². The van der Waals surface area contributed by atoms with Crippen molar-refractivity contribution in [2.24, 2.45) is 7.05 Å². The third kappa shape index (κ3) is 2.72. The van der Waals surface area contributed by atoms with E-state index in [1.54, 1.807) is 45.2 Å². The van der Waals surface area contributed by atoms with Gasteiger partial charge in [-0.15, -0.1) is 0 Å². The number of nitrogens with zero attached hydrogens (tertiary/aromatic N) is 2. The van der Waals surface area contributed by atoms with Crippen molar-refractivity contribution in [2.75, 3.05) is 11.4 Å². The Kier molecular flexibility index (Phi) is 4.16. The third-order valence-corrected chi connectivity index (χ3v) is 4.85. The number of benzene rings is 1. The van der Waals surface area contributed by atoms with E-state index in [1.165, 1.54) is 9.47 Å². The number of halogens is 1. The van der Waals surface area contributed by atoms with Crippen molar-refractivity contribution in [2.45, 2.75) is 19.8 Å².